The van der Waals surface area contributed by atoms with Crippen LogP contribution in [0.3, 0.4) is 0 Å². The van der Waals surface area contributed by atoms with Crippen LogP contribution in [0.2, 0.25) is 0 Å². The van der Waals surface area contributed by atoms with Crippen LogP contribution in [-0.4, -0.2) is 26.5 Å². The zero-order valence-electron chi connectivity index (χ0n) is 19.3. The molecule has 0 aliphatic carbocycles. The van der Waals surface area contributed by atoms with Gasteiger partial charge in [-0.1, -0.05) is 36.4 Å². The molecule has 5 rings (SSSR count). The summed E-state index contributed by atoms with van der Waals surface area (Å²) < 4.78 is 42.6. The molecule has 2 heterocycles. The number of rotatable bonds is 6. The highest BCUT2D eigenvalue weighted by atomic mass is 19.4. The number of amides is 1. The Balaban J connectivity index is 1.49. The molecule has 2 N–H and O–H groups in total. The van der Waals surface area contributed by atoms with Crippen molar-refractivity contribution in [2.45, 2.75) is 19.3 Å². The van der Waals surface area contributed by atoms with E-state index in [1.54, 1.807) is 35.2 Å². The van der Waals surface area contributed by atoms with Crippen molar-refractivity contribution < 1.29 is 27.9 Å². The summed E-state index contributed by atoms with van der Waals surface area (Å²) >= 11 is 0. The number of benzene rings is 3. The molecule has 37 heavy (non-hydrogen) atoms. The summed E-state index contributed by atoms with van der Waals surface area (Å²) in [4.78, 5) is 28.7. The van der Waals surface area contributed by atoms with E-state index >= 15 is 0 Å². The van der Waals surface area contributed by atoms with E-state index in [0.29, 0.717) is 16.8 Å². The molecule has 0 saturated carbocycles. The van der Waals surface area contributed by atoms with Crippen molar-refractivity contribution in [3.05, 3.63) is 113 Å². The number of nitrogens with one attached hydrogen (secondary N) is 1. The van der Waals surface area contributed by atoms with E-state index in [1.165, 1.54) is 12.1 Å². The van der Waals surface area contributed by atoms with Gasteiger partial charge in [0.15, 0.2) is 0 Å². The van der Waals surface area contributed by atoms with Crippen molar-refractivity contribution in [3.8, 4) is 0 Å². The molecule has 3 aromatic carbocycles. The van der Waals surface area contributed by atoms with E-state index in [-0.39, 0.29) is 29.6 Å². The van der Waals surface area contributed by atoms with Gasteiger partial charge in [0.05, 0.1) is 34.4 Å². The fourth-order valence-electron chi connectivity index (χ4n) is 4.25. The first-order valence-electron chi connectivity index (χ1n) is 11.3. The number of aromatic nitrogens is 2. The Labute approximate surface area is 209 Å². The molecule has 2 aromatic heterocycles. The maximum Gasteiger partial charge on any atom is 0.416 e. The monoisotopic (exact) mass is 503 g/mol. The van der Waals surface area contributed by atoms with E-state index in [0.717, 1.165) is 22.9 Å². The van der Waals surface area contributed by atoms with Crippen molar-refractivity contribution in [1.82, 2.24) is 14.9 Å². The average Bonchev–Trinajstić information content (AvgIpc) is 3.29. The number of carboxylic acid groups (broad SMARTS) is 1. The molecular formula is C28H20F3N3O3. The van der Waals surface area contributed by atoms with Crippen LogP contribution < -0.4 is 5.32 Å². The van der Waals surface area contributed by atoms with Gasteiger partial charge in [0.1, 0.15) is 0 Å². The number of fused-ring (bicyclic) bond motifs is 2. The Bertz CT molecular complexity index is 1640. The number of carboxylic acids is 1. The SMILES string of the molecule is O=C(O)c1ccc(CNC(=O)c2cc(C(F)(F)F)cc3ccn(Cc4cc5ccccc5cn4)c23)cc1. The predicted octanol–water partition coefficient (Wildman–Crippen LogP) is 5.88. The van der Waals surface area contributed by atoms with Gasteiger partial charge in [-0.25, -0.2) is 4.79 Å². The molecule has 0 atom stereocenters. The number of halogens is 3. The lowest BCUT2D eigenvalue weighted by Gasteiger charge is -2.14. The lowest BCUT2D eigenvalue weighted by molar-refractivity contribution is -0.137. The molecule has 0 spiro atoms. The molecule has 0 saturated heterocycles. The Morgan fingerprint density at radius 1 is 0.919 bits per heavy atom. The van der Waals surface area contributed by atoms with Gasteiger partial charge in [-0.2, -0.15) is 13.2 Å². The zero-order chi connectivity index (χ0) is 26.2. The largest absolute Gasteiger partial charge is 0.478 e. The van der Waals surface area contributed by atoms with Gasteiger partial charge in [-0.05, 0) is 47.3 Å². The topological polar surface area (TPSA) is 84.2 Å². The van der Waals surface area contributed by atoms with Gasteiger partial charge in [-0.3, -0.25) is 9.78 Å². The summed E-state index contributed by atoms with van der Waals surface area (Å²) in [6, 6.07) is 18.9. The fraction of sp³-hybridized carbons (Fsp3) is 0.107. The van der Waals surface area contributed by atoms with Crippen LogP contribution in [-0.2, 0) is 19.3 Å². The van der Waals surface area contributed by atoms with Crippen molar-refractivity contribution >= 4 is 33.6 Å². The van der Waals surface area contributed by atoms with Crippen LogP contribution in [0.5, 0.6) is 0 Å². The van der Waals surface area contributed by atoms with Gasteiger partial charge in [0, 0.05) is 29.7 Å². The van der Waals surface area contributed by atoms with Crippen LogP contribution in [0.25, 0.3) is 21.7 Å². The number of hydrogen-bond acceptors (Lipinski definition) is 3. The molecule has 186 valence electrons. The van der Waals surface area contributed by atoms with Crippen molar-refractivity contribution in [2.75, 3.05) is 0 Å². The van der Waals surface area contributed by atoms with E-state index in [4.69, 9.17) is 5.11 Å². The van der Waals surface area contributed by atoms with E-state index in [1.807, 2.05) is 30.3 Å². The number of pyridine rings is 1. The third kappa shape index (κ3) is 5.02. The smallest absolute Gasteiger partial charge is 0.416 e. The standard InChI is InChI=1S/C28H20F3N3O3/c29-28(30,31)22-11-20-9-10-34(16-23-12-19-3-1-2-4-21(19)15-32-23)25(20)24(13-22)26(35)33-14-17-5-7-18(8-6-17)27(36)37/h1-13,15H,14,16H2,(H,33,35)(H,36,37). The Morgan fingerprint density at radius 2 is 1.65 bits per heavy atom. The number of hydrogen-bond donors (Lipinski definition) is 2. The van der Waals surface area contributed by atoms with Crippen LogP contribution in [0.15, 0.2) is 85.2 Å². The number of aromatic carboxylic acids is 1. The summed E-state index contributed by atoms with van der Waals surface area (Å²) in [6.45, 7) is 0.278. The summed E-state index contributed by atoms with van der Waals surface area (Å²) in [7, 11) is 0. The highest BCUT2D eigenvalue weighted by molar-refractivity contribution is 6.06. The van der Waals surface area contributed by atoms with Gasteiger partial charge in [0.25, 0.3) is 5.91 Å². The first-order chi connectivity index (χ1) is 17.7. The minimum Gasteiger partial charge on any atom is -0.478 e. The number of nitrogens with zero attached hydrogens (tertiary/aromatic N) is 2. The average molecular weight is 503 g/mol. The van der Waals surface area contributed by atoms with E-state index in [9.17, 15) is 22.8 Å². The first-order valence-corrected chi connectivity index (χ1v) is 11.3. The van der Waals surface area contributed by atoms with Gasteiger partial charge in [-0.15, -0.1) is 0 Å². The predicted molar refractivity (Wildman–Crippen MR) is 132 cm³/mol. The second kappa shape index (κ2) is 9.42. The molecule has 0 unspecified atom stereocenters. The van der Waals surface area contributed by atoms with Gasteiger partial charge < -0.3 is 15.0 Å². The lowest BCUT2D eigenvalue weighted by Crippen LogP contribution is -2.24. The molecule has 0 bridgehead atoms. The molecule has 1 amide bonds. The molecular weight excluding hydrogens is 483 g/mol. The zero-order valence-corrected chi connectivity index (χ0v) is 19.3. The summed E-state index contributed by atoms with van der Waals surface area (Å²) in [5.74, 6) is -1.76. The molecule has 5 aromatic rings. The third-order valence-corrected chi connectivity index (χ3v) is 6.11. The van der Waals surface area contributed by atoms with Crippen molar-refractivity contribution in [3.63, 3.8) is 0 Å². The molecule has 0 aliphatic rings. The third-order valence-electron chi connectivity index (χ3n) is 6.11. The Kier molecular flexibility index (Phi) is 6.12. The van der Waals surface area contributed by atoms with E-state index < -0.39 is 23.6 Å². The summed E-state index contributed by atoms with van der Waals surface area (Å²) in [5.41, 5.74) is 0.727. The first kappa shape index (κ1) is 24.1. The van der Waals surface area contributed by atoms with Crippen molar-refractivity contribution in [2.24, 2.45) is 0 Å². The second-order valence-electron chi connectivity index (χ2n) is 8.61. The number of alkyl halides is 3. The Morgan fingerprint density at radius 3 is 2.35 bits per heavy atom. The quantitative estimate of drug-likeness (QED) is 0.303. The molecule has 0 fully saturated rings. The molecule has 0 aliphatic heterocycles. The summed E-state index contributed by atoms with van der Waals surface area (Å²) in [6.07, 6.45) is -1.25. The van der Waals surface area contributed by atoms with Crippen LogP contribution in [0.4, 0.5) is 13.2 Å². The number of carbonyl (C=O) groups excluding carboxylic acids is 1. The lowest BCUT2D eigenvalue weighted by atomic mass is 10.0. The maximum atomic E-state index is 13.6. The van der Waals surface area contributed by atoms with Crippen molar-refractivity contribution in [1.29, 1.82) is 0 Å². The number of carbonyl (C=O) groups is 2. The summed E-state index contributed by atoms with van der Waals surface area (Å²) in [5, 5.41) is 13.9. The molecule has 6 nitrogen and oxygen atoms in total. The molecule has 9 heteroatoms. The molecule has 0 radical (unpaired) electrons. The minimum absolute atomic E-state index is 0.0173. The van der Waals surface area contributed by atoms with Gasteiger partial charge in [0.2, 0.25) is 0 Å². The maximum absolute atomic E-state index is 13.6. The Hall–Kier alpha value is -4.66. The van der Waals surface area contributed by atoms with Crippen LogP contribution >= 0.6 is 0 Å². The van der Waals surface area contributed by atoms with E-state index in [2.05, 4.69) is 10.3 Å². The van der Waals surface area contributed by atoms with Crippen LogP contribution in [0, 0.1) is 0 Å². The minimum atomic E-state index is -4.63. The normalized spacial score (nSPS) is 11.6. The highest BCUT2D eigenvalue weighted by Crippen LogP contribution is 2.34. The van der Waals surface area contributed by atoms with Gasteiger partial charge >= 0.3 is 12.1 Å². The van der Waals surface area contributed by atoms with Crippen LogP contribution in [0.1, 0.15) is 37.5 Å². The highest BCUT2D eigenvalue weighted by Gasteiger charge is 2.32. The fourth-order valence-corrected chi connectivity index (χ4v) is 4.25. The second-order valence-corrected chi connectivity index (χ2v) is 8.61.